The van der Waals surface area contributed by atoms with Crippen LogP contribution in [0, 0.1) is 17.0 Å². The molecule has 110 valence electrons. The molecule has 1 heterocycles. The Hall–Kier alpha value is -1.66. The first-order valence-electron chi connectivity index (χ1n) is 6.29. The number of rotatable bonds is 2. The van der Waals surface area contributed by atoms with Crippen molar-refractivity contribution in [1.29, 1.82) is 0 Å². The van der Waals surface area contributed by atoms with E-state index in [0.29, 0.717) is 24.2 Å². The molecule has 1 atom stereocenters. The van der Waals surface area contributed by atoms with E-state index < -0.39 is 4.92 Å². The molecule has 0 saturated carbocycles. The van der Waals surface area contributed by atoms with Crippen molar-refractivity contribution in [2.45, 2.75) is 25.8 Å². The van der Waals surface area contributed by atoms with Gasteiger partial charge in [0, 0.05) is 36.8 Å². The Morgan fingerprint density at radius 2 is 2.20 bits per heavy atom. The number of hydrogen-bond donors (Lipinski definition) is 1. The van der Waals surface area contributed by atoms with E-state index in [1.165, 1.54) is 18.2 Å². The first-order chi connectivity index (χ1) is 8.99. The van der Waals surface area contributed by atoms with Gasteiger partial charge in [0.25, 0.3) is 11.6 Å². The van der Waals surface area contributed by atoms with E-state index >= 15 is 0 Å². The van der Waals surface area contributed by atoms with Gasteiger partial charge in [-0.3, -0.25) is 14.9 Å². The molecule has 1 aliphatic rings. The lowest BCUT2D eigenvalue weighted by Crippen LogP contribution is -2.45. The zero-order valence-electron chi connectivity index (χ0n) is 11.2. The second-order valence-corrected chi connectivity index (χ2v) is 4.91. The lowest BCUT2D eigenvalue weighted by Gasteiger charge is -2.31. The van der Waals surface area contributed by atoms with Gasteiger partial charge in [0.1, 0.15) is 0 Å². The van der Waals surface area contributed by atoms with Crippen molar-refractivity contribution in [3.8, 4) is 0 Å². The van der Waals surface area contributed by atoms with Crippen LogP contribution in [0.1, 0.15) is 28.8 Å². The molecule has 0 bridgehead atoms. The Kier molecular flexibility index (Phi) is 5.47. The first kappa shape index (κ1) is 16.4. The lowest BCUT2D eigenvalue weighted by molar-refractivity contribution is -0.384. The summed E-state index contributed by atoms with van der Waals surface area (Å²) in [5, 5.41) is 10.7. The Balaban J connectivity index is 0.00000200. The number of halogens is 1. The average molecular weight is 300 g/mol. The standard InChI is InChI=1S/C13H17N3O3.ClH/c1-9-7-11(16(18)19)4-5-12(9)13(17)15-6-2-3-10(14)8-15;/h4-5,7,10H,2-3,6,8,14H2,1H3;1H. The summed E-state index contributed by atoms with van der Waals surface area (Å²) in [4.78, 5) is 24.3. The number of amides is 1. The maximum Gasteiger partial charge on any atom is 0.269 e. The van der Waals surface area contributed by atoms with Crippen molar-refractivity contribution in [1.82, 2.24) is 4.90 Å². The van der Waals surface area contributed by atoms with Gasteiger partial charge in [-0.15, -0.1) is 12.4 Å². The Morgan fingerprint density at radius 1 is 1.50 bits per heavy atom. The number of non-ortho nitro benzene ring substituents is 1. The number of nitrogens with zero attached hydrogens (tertiary/aromatic N) is 2. The van der Waals surface area contributed by atoms with Crippen molar-refractivity contribution in [3.05, 3.63) is 39.4 Å². The number of carbonyl (C=O) groups is 1. The Bertz CT molecular complexity index is 522. The summed E-state index contributed by atoms with van der Waals surface area (Å²) in [6.45, 7) is 2.96. The minimum absolute atomic E-state index is 0. The summed E-state index contributed by atoms with van der Waals surface area (Å²) >= 11 is 0. The number of nitrogens with two attached hydrogens (primary N) is 1. The number of hydrogen-bond acceptors (Lipinski definition) is 4. The summed E-state index contributed by atoms with van der Waals surface area (Å²) in [5.74, 6) is -0.0949. The molecular weight excluding hydrogens is 282 g/mol. The van der Waals surface area contributed by atoms with Crippen molar-refractivity contribution in [2.75, 3.05) is 13.1 Å². The van der Waals surface area contributed by atoms with Gasteiger partial charge in [-0.05, 0) is 31.4 Å². The molecule has 20 heavy (non-hydrogen) atoms. The topological polar surface area (TPSA) is 89.5 Å². The quantitative estimate of drug-likeness (QED) is 0.667. The molecule has 2 rings (SSSR count). The SMILES string of the molecule is Cc1cc([N+](=O)[O-])ccc1C(=O)N1CCCC(N)C1.Cl. The molecule has 1 aliphatic heterocycles. The van der Waals surface area contributed by atoms with Gasteiger partial charge in [0.15, 0.2) is 0 Å². The molecule has 1 saturated heterocycles. The van der Waals surface area contributed by atoms with E-state index in [9.17, 15) is 14.9 Å². The highest BCUT2D eigenvalue weighted by Gasteiger charge is 2.24. The second kappa shape index (κ2) is 6.67. The molecule has 0 aliphatic carbocycles. The van der Waals surface area contributed by atoms with Crippen LogP contribution in [0.4, 0.5) is 5.69 Å². The van der Waals surface area contributed by atoms with Crippen LogP contribution in [0.2, 0.25) is 0 Å². The maximum atomic E-state index is 12.3. The number of aryl methyl sites for hydroxylation is 1. The summed E-state index contributed by atoms with van der Waals surface area (Å²) < 4.78 is 0. The number of benzene rings is 1. The molecular formula is C13H18ClN3O3. The van der Waals surface area contributed by atoms with Crippen LogP contribution in [0.25, 0.3) is 0 Å². The van der Waals surface area contributed by atoms with Crippen LogP contribution in [0.15, 0.2) is 18.2 Å². The summed E-state index contributed by atoms with van der Waals surface area (Å²) in [6.07, 6.45) is 1.84. The molecule has 1 fully saturated rings. The highest BCUT2D eigenvalue weighted by Crippen LogP contribution is 2.20. The van der Waals surface area contributed by atoms with E-state index in [-0.39, 0.29) is 30.0 Å². The maximum absolute atomic E-state index is 12.3. The van der Waals surface area contributed by atoms with Crippen LogP contribution in [0.3, 0.4) is 0 Å². The molecule has 6 nitrogen and oxygen atoms in total. The summed E-state index contributed by atoms with van der Waals surface area (Å²) in [5.41, 5.74) is 7.00. The van der Waals surface area contributed by atoms with Crippen LogP contribution < -0.4 is 5.73 Å². The van der Waals surface area contributed by atoms with Gasteiger partial charge < -0.3 is 10.6 Å². The lowest BCUT2D eigenvalue weighted by atomic mass is 10.0. The minimum Gasteiger partial charge on any atom is -0.337 e. The number of likely N-dealkylation sites (tertiary alicyclic amines) is 1. The van der Waals surface area contributed by atoms with E-state index in [1.54, 1.807) is 11.8 Å². The van der Waals surface area contributed by atoms with Gasteiger partial charge in [-0.1, -0.05) is 0 Å². The van der Waals surface area contributed by atoms with Crippen molar-refractivity contribution >= 4 is 24.0 Å². The Labute approximate surface area is 123 Å². The minimum atomic E-state index is -0.460. The van der Waals surface area contributed by atoms with Crippen LogP contribution >= 0.6 is 12.4 Å². The van der Waals surface area contributed by atoms with Gasteiger partial charge in [-0.2, -0.15) is 0 Å². The molecule has 0 spiro atoms. The third-order valence-corrected chi connectivity index (χ3v) is 3.40. The van der Waals surface area contributed by atoms with Crippen molar-refractivity contribution in [3.63, 3.8) is 0 Å². The fraction of sp³-hybridized carbons (Fsp3) is 0.462. The largest absolute Gasteiger partial charge is 0.337 e. The van der Waals surface area contributed by atoms with E-state index in [2.05, 4.69) is 0 Å². The second-order valence-electron chi connectivity index (χ2n) is 4.91. The summed E-state index contributed by atoms with van der Waals surface area (Å²) in [7, 11) is 0. The normalized spacial score (nSPS) is 18.3. The van der Waals surface area contributed by atoms with Crippen LogP contribution in [-0.4, -0.2) is 34.9 Å². The average Bonchev–Trinajstić information content (AvgIpc) is 2.37. The van der Waals surface area contributed by atoms with Crippen LogP contribution in [0.5, 0.6) is 0 Å². The van der Waals surface area contributed by atoms with Gasteiger partial charge in [0.2, 0.25) is 0 Å². The molecule has 1 aromatic carbocycles. The van der Waals surface area contributed by atoms with Gasteiger partial charge in [-0.25, -0.2) is 0 Å². The fourth-order valence-corrected chi connectivity index (χ4v) is 2.37. The molecule has 0 aromatic heterocycles. The van der Waals surface area contributed by atoms with E-state index in [4.69, 9.17) is 5.73 Å². The smallest absolute Gasteiger partial charge is 0.269 e. The molecule has 7 heteroatoms. The third kappa shape index (κ3) is 3.46. The third-order valence-electron chi connectivity index (χ3n) is 3.40. The zero-order chi connectivity index (χ0) is 14.0. The Morgan fingerprint density at radius 3 is 2.75 bits per heavy atom. The van der Waals surface area contributed by atoms with Crippen LogP contribution in [-0.2, 0) is 0 Å². The highest BCUT2D eigenvalue weighted by molar-refractivity contribution is 5.96. The van der Waals surface area contributed by atoms with Crippen molar-refractivity contribution in [2.24, 2.45) is 5.73 Å². The molecule has 1 unspecified atom stereocenters. The predicted octanol–water partition coefficient (Wildman–Crippen LogP) is 1.89. The zero-order valence-corrected chi connectivity index (χ0v) is 12.1. The summed E-state index contributed by atoms with van der Waals surface area (Å²) in [6, 6.07) is 4.34. The van der Waals surface area contributed by atoms with Gasteiger partial charge >= 0.3 is 0 Å². The molecule has 0 radical (unpaired) electrons. The monoisotopic (exact) mass is 299 g/mol. The first-order valence-corrected chi connectivity index (χ1v) is 6.29. The van der Waals surface area contributed by atoms with Gasteiger partial charge in [0.05, 0.1) is 4.92 Å². The number of carbonyl (C=O) groups excluding carboxylic acids is 1. The number of nitro benzene ring substituents is 1. The van der Waals surface area contributed by atoms with Crippen molar-refractivity contribution < 1.29 is 9.72 Å². The number of piperidine rings is 1. The predicted molar refractivity (Wildman–Crippen MR) is 78.2 cm³/mol. The van der Waals surface area contributed by atoms with E-state index in [0.717, 1.165) is 12.8 Å². The molecule has 2 N–H and O–H groups in total. The highest BCUT2D eigenvalue weighted by atomic mass is 35.5. The van der Waals surface area contributed by atoms with E-state index in [1.807, 2.05) is 0 Å². The molecule has 1 aromatic rings. The fourth-order valence-electron chi connectivity index (χ4n) is 2.37. The number of nitro groups is 1. The molecule has 1 amide bonds.